The molecule has 13 heteroatoms. The normalized spacial score (nSPS) is 17.7. The van der Waals surface area contributed by atoms with Crippen molar-refractivity contribution in [2.75, 3.05) is 4.90 Å². The van der Waals surface area contributed by atoms with Crippen LogP contribution in [-0.2, 0) is 29.7 Å². The highest BCUT2D eigenvalue weighted by atomic mass is 19.4. The Morgan fingerprint density at radius 1 is 0.684 bits per heavy atom. The lowest BCUT2D eigenvalue weighted by Crippen LogP contribution is -2.32. The first kappa shape index (κ1) is 39.8. The van der Waals surface area contributed by atoms with Crippen LogP contribution in [0.3, 0.4) is 0 Å². The predicted molar refractivity (Wildman–Crippen MR) is 201 cm³/mol. The van der Waals surface area contributed by atoms with E-state index in [1.165, 1.54) is 10.6 Å². The first-order valence-corrected chi connectivity index (χ1v) is 18.3. The zero-order chi connectivity index (χ0) is 41.5. The van der Waals surface area contributed by atoms with Crippen LogP contribution in [0.2, 0.25) is 0 Å². The summed E-state index contributed by atoms with van der Waals surface area (Å²) in [4.78, 5) is 16.5. The lowest BCUT2D eigenvalue weighted by Gasteiger charge is -2.32. The molecule has 1 aliphatic carbocycles. The molecule has 0 spiro atoms. The minimum absolute atomic E-state index is 0.0280. The number of Topliss-reactive ketones (excluding diaryl/α,β-unsaturated/α-hetero) is 1. The number of para-hydroxylation sites is 2. The van der Waals surface area contributed by atoms with E-state index in [0.717, 1.165) is 12.1 Å². The number of halogens is 9. The number of alkyl halides is 9. The van der Waals surface area contributed by atoms with E-state index in [4.69, 9.17) is 0 Å². The molecular weight excluding hydrogens is 759 g/mol. The second-order valence-corrected chi connectivity index (χ2v) is 15.5. The number of aromatic nitrogens is 1. The molecule has 0 fully saturated rings. The van der Waals surface area contributed by atoms with Crippen LogP contribution in [0.25, 0.3) is 27.7 Å². The lowest BCUT2D eigenvalue weighted by atomic mass is 9.76. The van der Waals surface area contributed by atoms with Crippen molar-refractivity contribution in [3.8, 4) is 5.69 Å². The SMILES string of the molecule is Cc1cc(N2c3ccccc3/C(=C3/C(=O)C(c4c(CC(C)C)n(-c5cc(C(F)(F)F)cc(C(F)(F)F)c5)c5ccccc45)=C3O)C2CC(C)C)cc(C(F)(F)F)c1. The standard InChI is InChI=1S/C44H37F9N2O2/c1-22(2)14-34-36(30-10-6-8-12-32(30)54(34)28-17-24(5)16-25(19-28)42(45,46)47)38-40(56)39(41(38)57)37-31-11-7-9-13-33(31)55(35(37)15-23(3)4)29-20-26(43(48,49)50)18-27(21-29)44(51,52)53/h6-13,16-23,34,56H,14-15H2,1-5H3/b38-36-. The number of aryl methyl sites for hydroxylation is 1. The average Bonchev–Trinajstić information content (AvgIpc) is 3.58. The molecule has 2 heterocycles. The summed E-state index contributed by atoms with van der Waals surface area (Å²) in [6.45, 7) is 9.02. The first-order valence-electron chi connectivity index (χ1n) is 18.3. The third-order valence-electron chi connectivity index (χ3n) is 10.3. The second kappa shape index (κ2) is 13.9. The number of rotatable bonds is 7. The van der Waals surface area contributed by atoms with Crippen LogP contribution in [0.1, 0.15) is 73.2 Å². The molecule has 0 saturated carbocycles. The zero-order valence-corrected chi connectivity index (χ0v) is 31.4. The Morgan fingerprint density at radius 2 is 1.25 bits per heavy atom. The molecule has 1 aliphatic heterocycles. The van der Waals surface area contributed by atoms with Gasteiger partial charge in [0.25, 0.3) is 0 Å². The molecule has 298 valence electrons. The second-order valence-electron chi connectivity index (χ2n) is 15.5. The molecule has 7 rings (SSSR count). The topological polar surface area (TPSA) is 45.5 Å². The first-order chi connectivity index (χ1) is 26.6. The summed E-state index contributed by atoms with van der Waals surface area (Å²) in [5, 5.41) is 12.4. The molecule has 1 unspecified atom stereocenters. The number of nitrogens with zero attached hydrogens (tertiary/aromatic N) is 2. The highest BCUT2D eigenvalue weighted by Gasteiger charge is 2.47. The summed E-state index contributed by atoms with van der Waals surface area (Å²) in [6.07, 6.45) is -14.4. The number of anilines is 2. The Balaban J connectivity index is 1.50. The fourth-order valence-corrected chi connectivity index (χ4v) is 8.14. The quantitative estimate of drug-likeness (QED) is 0.132. The molecule has 4 aromatic carbocycles. The van der Waals surface area contributed by atoms with Gasteiger partial charge in [-0.1, -0.05) is 64.1 Å². The van der Waals surface area contributed by atoms with Crippen molar-refractivity contribution in [2.45, 2.75) is 72.0 Å². The Bertz CT molecular complexity index is 2470. The van der Waals surface area contributed by atoms with E-state index in [-0.39, 0.29) is 57.9 Å². The number of carbonyl (C=O) groups excluding carboxylic acids is 1. The Morgan fingerprint density at radius 3 is 1.82 bits per heavy atom. The number of fused-ring (bicyclic) bond motifs is 2. The van der Waals surface area contributed by atoms with E-state index in [1.54, 1.807) is 74.2 Å². The number of hydrogen-bond donors (Lipinski definition) is 1. The van der Waals surface area contributed by atoms with E-state index in [2.05, 4.69) is 0 Å². The van der Waals surface area contributed by atoms with Gasteiger partial charge in [-0.15, -0.1) is 0 Å². The monoisotopic (exact) mass is 796 g/mol. The zero-order valence-electron chi connectivity index (χ0n) is 31.4. The minimum atomic E-state index is -5.11. The van der Waals surface area contributed by atoms with Crippen molar-refractivity contribution in [2.24, 2.45) is 11.8 Å². The van der Waals surface area contributed by atoms with Gasteiger partial charge in [-0.25, -0.2) is 0 Å². The summed E-state index contributed by atoms with van der Waals surface area (Å²) in [7, 11) is 0. The molecule has 0 saturated heterocycles. The number of allylic oxidation sites excluding steroid dienone is 2. The molecule has 1 atom stereocenters. The lowest BCUT2D eigenvalue weighted by molar-refractivity contribution is -0.143. The molecule has 0 bridgehead atoms. The van der Waals surface area contributed by atoms with Gasteiger partial charge in [0.1, 0.15) is 5.76 Å². The van der Waals surface area contributed by atoms with Crippen molar-refractivity contribution in [1.29, 1.82) is 0 Å². The molecule has 5 aromatic rings. The van der Waals surface area contributed by atoms with Gasteiger partial charge >= 0.3 is 18.5 Å². The Kier molecular flexibility index (Phi) is 9.68. The number of benzene rings is 4. The van der Waals surface area contributed by atoms with Crippen LogP contribution >= 0.6 is 0 Å². The van der Waals surface area contributed by atoms with Crippen molar-refractivity contribution in [3.05, 3.63) is 135 Å². The van der Waals surface area contributed by atoms with Gasteiger partial charge in [0.2, 0.25) is 5.78 Å². The fraction of sp³-hybridized carbons (Fsp3) is 0.295. The summed E-state index contributed by atoms with van der Waals surface area (Å²) < 4.78 is 128. The van der Waals surface area contributed by atoms with Crippen molar-refractivity contribution >= 4 is 39.2 Å². The Hall–Kier alpha value is -5.46. The molecule has 0 amide bonds. The number of hydrogen-bond acceptors (Lipinski definition) is 3. The highest BCUT2D eigenvalue weighted by Crippen LogP contribution is 2.54. The van der Waals surface area contributed by atoms with Gasteiger partial charge in [0.05, 0.1) is 39.4 Å². The number of carbonyl (C=O) groups is 1. The van der Waals surface area contributed by atoms with Gasteiger partial charge < -0.3 is 14.6 Å². The maximum Gasteiger partial charge on any atom is 0.416 e. The molecular formula is C44H37F9N2O2. The van der Waals surface area contributed by atoms with Crippen molar-refractivity contribution in [1.82, 2.24) is 4.57 Å². The largest absolute Gasteiger partial charge is 0.506 e. The van der Waals surface area contributed by atoms with Crippen LogP contribution in [-0.4, -0.2) is 21.5 Å². The number of aliphatic hydroxyl groups is 1. The van der Waals surface area contributed by atoms with E-state index < -0.39 is 58.5 Å². The molecule has 1 N–H and O–H groups in total. The van der Waals surface area contributed by atoms with Crippen LogP contribution < -0.4 is 4.90 Å². The van der Waals surface area contributed by atoms with E-state index in [1.807, 2.05) is 13.8 Å². The van der Waals surface area contributed by atoms with Crippen molar-refractivity contribution < 1.29 is 49.4 Å². The molecule has 1 aromatic heterocycles. The highest BCUT2D eigenvalue weighted by molar-refractivity contribution is 6.43. The van der Waals surface area contributed by atoms with E-state index >= 15 is 0 Å². The maximum atomic E-state index is 14.7. The molecule has 57 heavy (non-hydrogen) atoms. The number of ketones is 1. The smallest absolute Gasteiger partial charge is 0.416 e. The maximum absolute atomic E-state index is 14.7. The summed E-state index contributed by atoms with van der Waals surface area (Å²) in [6, 6.07) is 17.6. The Labute approximate surface area is 322 Å². The van der Waals surface area contributed by atoms with Gasteiger partial charge in [-0.2, -0.15) is 39.5 Å². The van der Waals surface area contributed by atoms with Crippen molar-refractivity contribution in [3.63, 3.8) is 0 Å². The van der Waals surface area contributed by atoms with E-state index in [9.17, 15) is 49.4 Å². The van der Waals surface area contributed by atoms with Crippen LogP contribution in [0.15, 0.2) is 96.3 Å². The van der Waals surface area contributed by atoms with Crippen LogP contribution in [0, 0.1) is 18.8 Å². The molecule has 4 nitrogen and oxygen atoms in total. The third kappa shape index (κ3) is 6.99. The molecule has 0 radical (unpaired) electrons. The summed E-state index contributed by atoms with van der Waals surface area (Å²) in [5.41, 5.74) is -1.80. The van der Waals surface area contributed by atoms with Gasteiger partial charge in [0, 0.05) is 39.3 Å². The fourth-order valence-electron chi connectivity index (χ4n) is 8.14. The van der Waals surface area contributed by atoms with Gasteiger partial charge in [0.15, 0.2) is 0 Å². The average molecular weight is 797 g/mol. The van der Waals surface area contributed by atoms with Crippen LogP contribution in [0.5, 0.6) is 0 Å². The number of aliphatic hydroxyl groups excluding tert-OH is 1. The van der Waals surface area contributed by atoms with Gasteiger partial charge in [-0.05, 0) is 91.3 Å². The van der Waals surface area contributed by atoms with E-state index in [0.29, 0.717) is 46.3 Å². The van der Waals surface area contributed by atoms with Gasteiger partial charge in [-0.3, -0.25) is 4.79 Å². The molecule has 2 aliphatic rings. The summed E-state index contributed by atoms with van der Waals surface area (Å²) in [5.74, 6) is -1.27. The van der Waals surface area contributed by atoms with Crippen LogP contribution in [0.4, 0.5) is 50.9 Å². The minimum Gasteiger partial charge on any atom is -0.506 e. The third-order valence-corrected chi connectivity index (χ3v) is 10.3. The predicted octanol–water partition coefficient (Wildman–Crippen LogP) is 13.1. The summed E-state index contributed by atoms with van der Waals surface area (Å²) >= 11 is 0.